The van der Waals surface area contributed by atoms with E-state index in [0.717, 1.165) is 0 Å². The van der Waals surface area contributed by atoms with Crippen LogP contribution in [0.5, 0.6) is 0 Å². The molecule has 0 radical (unpaired) electrons. The van der Waals surface area contributed by atoms with Crippen molar-refractivity contribution in [1.29, 1.82) is 0 Å². The van der Waals surface area contributed by atoms with E-state index in [2.05, 4.69) is 0 Å². The second-order valence-electron chi connectivity index (χ2n) is 4.72. The zero-order valence-electron chi connectivity index (χ0n) is 12.0. The van der Waals surface area contributed by atoms with E-state index in [9.17, 15) is 9.59 Å². The molecule has 0 atom stereocenters. The first-order chi connectivity index (χ1) is 10.7. The van der Waals surface area contributed by atoms with Crippen molar-refractivity contribution in [1.82, 2.24) is 0 Å². The minimum Gasteiger partial charge on any atom is -0.460 e. The molecule has 0 aliphatic heterocycles. The average molecular weight is 294 g/mol. The zero-order chi connectivity index (χ0) is 15.5. The third-order valence-corrected chi connectivity index (χ3v) is 3.32. The van der Waals surface area contributed by atoms with Gasteiger partial charge in [-0.3, -0.25) is 4.79 Å². The Morgan fingerprint density at radius 1 is 1.00 bits per heavy atom. The van der Waals surface area contributed by atoms with Crippen molar-refractivity contribution in [2.45, 2.75) is 6.92 Å². The van der Waals surface area contributed by atoms with Crippen LogP contribution < -0.4 is 0 Å². The zero-order valence-corrected chi connectivity index (χ0v) is 12.0. The van der Waals surface area contributed by atoms with Gasteiger partial charge in [-0.15, -0.1) is 0 Å². The Hall–Kier alpha value is -2.88. The summed E-state index contributed by atoms with van der Waals surface area (Å²) in [7, 11) is 0. The van der Waals surface area contributed by atoms with Gasteiger partial charge in [0.2, 0.25) is 5.76 Å². The molecule has 0 fully saturated rings. The summed E-state index contributed by atoms with van der Waals surface area (Å²) in [5.74, 6) is -0.927. The van der Waals surface area contributed by atoms with E-state index in [1.165, 1.54) is 0 Å². The van der Waals surface area contributed by atoms with Gasteiger partial charge in [-0.1, -0.05) is 48.5 Å². The molecule has 1 heterocycles. The fraction of sp³-hybridized carbons (Fsp3) is 0.111. The van der Waals surface area contributed by atoms with Gasteiger partial charge in [0.25, 0.3) is 0 Å². The van der Waals surface area contributed by atoms with Gasteiger partial charge in [-0.2, -0.15) is 0 Å². The van der Waals surface area contributed by atoms with Gasteiger partial charge in [0.05, 0.1) is 12.2 Å². The molecule has 0 spiro atoms. The summed E-state index contributed by atoms with van der Waals surface area (Å²) in [6.45, 7) is 1.92. The highest BCUT2D eigenvalue weighted by Gasteiger charge is 2.27. The Kier molecular flexibility index (Phi) is 3.74. The lowest BCUT2D eigenvalue weighted by atomic mass is 10.0. The Labute approximate surface area is 127 Å². The van der Waals surface area contributed by atoms with E-state index in [-0.39, 0.29) is 23.7 Å². The quantitative estimate of drug-likeness (QED) is 0.542. The fourth-order valence-electron chi connectivity index (χ4n) is 2.35. The van der Waals surface area contributed by atoms with Crippen molar-refractivity contribution in [3.63, 3.8) is 0 Å². The third-order valence-electron chi connectivity index (χ3n) is 3.32. The van der Waals surface area contributed by atoms with E-state index in [0.29, 0.717) is 16.5 Å². The molecule has 4 nitrogen and oxygen atoms in total. The molecule has 0 amide bonds. The van der Waals surface area contributed by atoms with Crippen molar-refractivity contribution in [2.24, 2.45) is 0 Å². The van der Waals surface area contributed by atoms with Gasteiger partial charge >= 0.3 is 5.97 Å². The highest BCUT2D eigenvalue weighted by Crippen LogP contribution is 2.28. The monoisotopic (exact) mass is 294 g/mol. The highest BCUT2D eigenvalue weighted by molar-refractivity contribution is 6.20. The predicted molar refractivity (Wildman–Crippen MR) is 82.0 cm³/mol. The lowest BCUT2D eigenvalue weighted by molar-refractivity contribution is 0.0489. The molecule has 0 N–H and O–H groups in total. The van der Waals surface area contributed by atoms with Crippen LogP contribution in [0.4, 0.5) is 0 Å². The first-order valence-electron chi connectivity index (χ1n) is 7.00. The van der Waals surface area contributed by atoms with E-state index in [1.54, 1.807) is 55.5 Å². The molecule has 2 aromatic carbocycles. The van der Waals surface area contributed by atoms with E-state index in [4.69, 9.17) is 9.15 Å². The number of rotatable bonds is 4. The number of hydrogen-bond donors (Lipinski definition) is 0. The maximum absolute atomic E-state index is 12.8. The van der Waals surface area contributed by atoms with Crippen molar-refractivity contribution < 1.29 is 18.7 Å². The number of fused-ring (bicyclic) bond motifs is 1. The Morgan fingerprint density at radius 3 is 2.41 bits per heavy atom. The Bertz CT molecular complexity index is 831. The number of hydrogen-bond acceptors (Lipinski definition) is 4. The maximum atomic E-state index is 12.8. The Morgan fingerprint density at radius 2 is 1.68 bits per heavy atom. The molecular formula is C18H14O4. The average Bonchev–Trinajstić information content (AvgIpc) is 2.95. The van der Waals surface area contributed by atoms with E-state index in [1.807, 2.05) is 6.07 Å². The first-order valence-corrected chi connectivity index (χ1v) is 7.00. The standard InChI is InChI=1S/C18H14O4/c1-2-21-18(20)17-15(13-10-6-7-11-14(13)22-17)16(19)12-8-4-3-5-9-12/h3-11H,2H2,1H3. The summed E-state index contributed by atoms with van der Waals surface area (Å²) >= 11 is 0. The van der Waals surface area contributed by atoms with Crippen LogP contribution in [-0.4, -0.2) is 18.4 Å². The number of ketones is 1. The molecule has 0 aliphatic carbocycles. The summed E-state index contributed by atoms with van der Waals surface area (Å²) < 4.78 is 10.6. The molecular weight excluding hydrogens is 280 g/mol. The summed E-state index contributed by atoms with van der Waals surface area (Å²) in [5.41, 5.74) is 1.24. The maximum Gasteiger partial charge on any atom is 0.375 e. The molecule has 3 aromatic rings. The van der Waals surface area contributed by atoms with Crippen molar-refractivity contribution in [2.75, 3.05) is 6.61 Å². The number of carbonyl (C=O) groups excluding carboxylic acids is 2. The summed E-state index contributed by atoms with van der Waals surface area (Å²) in [4.78, 5) is 24.9. The molecule has 0 unspecified atom stereocenters. The van der Waals surface area contributed by atoms with Crippen molar-refractivity contribution in [3.8, 4) is 0 Å². The number of ether oxygens (including phenoxy) is 1. The number of para-hydroxylation sites is 1. The largest absolute Gasteiger partial charge is 0.460 e. The van der Waals surface area contributed by atoms with Crippen LogP contribution in [0.1, 0.15) is 33.4 Å². The van der Waals surface area contributed by atoms with Gasteiger partial charge in [0.15, 0.2) is 5.78 Å². The summed E-state index contributed by atoms with van der Waals surface area (Å²) in [5, 5.41) is 0.611. The second kappa shape index (κ2) is 5.85. The van der Waals surface area contributed by atoms with Gasteiger partial charge in [-0.25, -0.2) is 4.79 Å². The van der Waals surface area contributed by atoms with Gasteiger partial charge in [0, 0.05) is 10.9 Å². The van der Waals surface area contributed by atoms with Crippen LogP contribution in [0.15, 0.2) is 59.0 Å². The number of furan rings is 1. The molecule has 22 heavy (non-hydrogen) atoms. The first kappa shape index (κ1) is 14.1. The molecule has 4 heteroatoms. The molecule has 1 aromatic heterocycles. The van der Waals surface area contributed by atoms with Crippen molar-refractivity contribution >= 4 is 22.7 Å². The predicted octanol–water partition coefficient (Wildman–Crippen LogP) is 3.84. The molecule has 0 aliphatic rings. The van der Waals surface area contributed by atoms with Crippen LogP contribution in [0.2, 0.25) is 0 Å². The van der Waals surface area contributed by atoms with E-state index >= 15 is 0 Å². The molecule has 3 rings (SSSR count). The molecule has 0 bridgehead atoms. The van der Waals surface area contributed by atoms with Crippen LogP contribution in [0.3, 0.4) is 0 Å². The summed E-state index contributed by atoms with van der Waals surface area (Å²) in [6.07, 6.45) is 0. The topological polar surface area (TPSA) is 56.5 Å². The van der Waals surface area contributed by atoms with Crippen LogP contribution in [0, 0.1) is 0 Å². The number of benzene rings is 2. The minimum atomic E-state index is -0.627. The highest BCUT2D eigenvalue weighted by atomic mass is 16.5. The molecule has 0 saturated heterocycles. The van der Waals surface area contributed by atoms with Crippen LogP contribution >= 0.6 is 0 Å². The van der Waals surface area contributed by atoms with Crippen molar-refractivity contribution in [3.05, 3.63) is 71.5 Å². The van der Waals surface area contributed by atoms with Gasteiger partial charge in [-0.05, 0) is 13.0 Å². The number of esters is 1. The molecule has 0 saturated carbocycles. The second-order valence-corrected chi connectivity index (χ2v) is 4.72. The Balaban J connectivity index is 2.20. The van der Waals surface area contributed by atoms with E-state index < -0.39 is 5.97 Å². The molecule has 110 valence electrons. The fourth-order valence-corrected chi connectivity index (χ4v) is 2.35. The lowest BCUT2D eigenvalue weighted by Gasteiger charge is -2.03. The summed E-state index contributed by atoms with van der Waals surface area (Å²) in [6, 6.07) is 15.9. The van der Waals surface area contributed by atoms with Gasteiger partial charge in [0.1, 0.15) is 5.58 Å². The number of carbonyl (C=O) groups is 2. The normalized spacial score (nSPS) is 10.6. The van der Waals surface area contributed by atoms with Crippen LogP contribution in [0.25, 0.3) is 11.0 Å². The smallest absolute Gasteiger partial charge is 0.375 e. The third kappa shape index (κ3) is 2.39. The SMILES string of the molecule is CCOC(=O)c1oc2ccccc2c1C(=O)c1ccccc1. The lowest BCUT2D eigenvalue weighted by Crippen LogP contribution is -2.10. The van der Waals surface area contributed by atoms with Gasteiger partial charge < -0.3 is 9.15 Å². The minimum absolute atomic E-state index is 0.0445. The van der Waals surface area contributed by atoms with Crippen LogP contribution in [-0.2, 0) is 4.74 Å².